The monoisotopic (exact) mass is 212 g/mol. The first kappa shape index (κ1) is 6.67. The molecule has 0 bridgehead atoms. The van der Waals surface area contributed by atoms with E-state index >= 15 is 0 Å². The van der Waals surface area contributed by atoms with Crippen LogP contribution >= 0.6 is 15.9 Å². The van der Waals surface area contributed by atoms with E-state index in [4.69, 9.17) is 0 Å². The molecule has 56 valence electrons. The highest BCUT2D eigenvalue weighted by atomic mass is 79.9. The van der Waals surface area contributed by atoms with E-state index in [0.717, 1.165) is 0 Å². The second kappa shape index (κ2) is 2.23. The number of hydrogen-bond donors (Lipinski definition) is 1. The van der Waals surface area contributed by atoms with E-state index < -0.39 is 0 Å². The van der Waals surface area contributed by atoms with Gasteiger partial charge in [0.25, 0.3) is 0 Å². The molecule has 0 aromatic carbocycles. The van der Waals surface area contributed by atoms with Crippen molar-refractivity contribution in [2.75, 3.05) is 0 Å². The van der Waals surface area contributed by atoms with Crippen molar-refractivity contribution in [2.24, 2.45) is 0 Å². The van der Waals surface area contributed by atoms with Crippen LogP contribution in [0.2, 0.25) is 0 Å². The molecule has 4 heteroatoms. The Hall–Kier alpha value is -1.03. The summed E-state index contributed by atoms with van der Waals surface area (Å²) in [6.07, 6.45) is 3.46. The fourth-order valence-corrected chi connectivity index (χ4v) is 1.49. The van der Waals surface area contributed by atoms with Crippen molar-refractivity contribution in [1.82, 2.24) is 9.38 Å². The normalized spacial score (nSPS) is 10.6. The molecule has 0 aliphatic rings. The summed E-state index contributed by atoms with van der Waals surface area (Å²) in [7, 11) is 0. The Balaban J connectivity index is 2.96. The van der Waals surface area contributed by atoms with Gasteiger partial charge in [-0.2, -0.15) is 0 Å². The van der Waals surface area contributed by atoms with Crippen LogP contribution < -0.4 is 0 Å². The van der Waals surface area contributed by atoms with E-state index in [1.165, 1.54) is 0 Å². The highest BCUT2D eigenvalue weighted by Gasteiger charge is 2.03. The Labute approximate surface area is 71.4 Å². The van der Waals surface area contributed by atoms with Gasteiger partial charge in [-0.3, -0.25) is 0 Å². The number of aromatic nitrogens is 2. The van der Waals surface area contributed by atoms with Gasteiger partial charge in [-0.05, 0) is 28.1 Å². The van der Waals surface area contributed by atoms with E-state index in [9.17, 15) is 5.11 Å². The van der Waals surface area contributed by atoms with Crippen LogP contribution in [0.5, 0.6) is 5.75 Å². The molecule has 3 nitrogen and oxygen atoms in total. The summed E-state index contributed by atoms with van der Waals surface area (Å²) in [5, 5.41) is 9.35. The van der Waals surface area contributed by atoms with Crippen molar-refractivity contribution in [3.63, 3.8) is 0 Å². The van der Waals surface area contributed by atoms with Crippen LogP contribution in [0.1, 0.15) is 0 Å². The molecular formula is C7H5BrN2O. The first-order valence-corrected chi connectivity index (χ1v) is 3.88. The molecule has 0 atom stereocenters. The maximum Gasteiger partial charge on any atom is 0.142 e. The Kier molecular flexibility index (Phi) is 1.35. The predicted octanol–water partition coefficient (Wildman–Crippen LogP) is 1.80. The summed E-state index contributed by atoms with van der Waals surface area (Å²) in [5.41, 5.74) is 0.701. The minimum Gasteiger partial charge on any atom is -0.506 e. The zero-order valence-electron chi connectivity index (χ0n) is 5.53. The molecule has 2 aromatic rings. The summed E-state index contributed by atoms with van der Waals surface area (Å²) in [5.74, 6) is 0.233. The average molecular weight is 213 g/mol. The molecule has 0 amide bonds. The molecular weight excluding hydrogens is 208 g/mol. The summed E-state index contributed by atoms with van der Waals surface area (Å²) in [4.78, 5) is 3.98. The van der Waals surface area contributed by atoms with Crippen molar-refractivity contribution in [1.29, 1.82) is 0 Å². The maximum absolute atomic E-state index is 9.35. The lowest BCUT2D eigenvalue weighted by atomic mass is 10.4. The van der Waals surface area contributed by atoms with Gasteiger partial charge >= 0.3 is 0 Å². The molecule has 0 aliphatic carbocycles. The van der Waals surface area contributed by atoms with E-state index in [1.807, 2.05) is 6.20 Å². The minimum atomic E-state index is 0.233. The quantitative estimate of drug-likeness (QED) is 0.724. The predicted molar refractivity (Wildman–Crippen MR) is 44.6 cm³/mol. The third-order valence-corrected chi connectivity index (χ3v) is 2.07. The number of imidazole rings is 1. The van der Waals surface area contributed by atoms with Gasteiger partial charge in [-0.15, -0.1) is 0 Å². The van der Waals surface area contributed by atoms with Crippen LogP contribution in [0, 0.1) is 0 Å². The van der Waals surface area contributed by atoms with Crippen LogP contribution in [0.25, 0.3) is 5.52 Å². The van der Waals surface area contributed by atoms with E-state index in [-0.39, 0.29) is 5.75 Å². The molecule has 0 fully saturated rings. The highest BCUT2D eigenvalue weighted by molar-refractivity contribution is 9.10. The number of nitrogens with zero attached hydrogens (tertiary/aromatic N) is 2. The van der Waals surface area contributed by atoms with Crippen LogP contribution in [-0.2, 0) is 0 Å². The number of aromatic hydroxyl groups is 1. The number of hydrogen-bond acceptors (Lipinski definition) is 2. The standard InChI is InChI=1S/C7H5BrN2O/c8-7-6-5(11)2-1-3-10(6)4-9-7/h1-4,11H. The Morgan fingerprint density at radius 2 is 2.36 bits per heavy atom. The maximum atomic E-state index is 9.35. The second-order valence-electron chi connectivity index (χ2n) is 2.18. The van der Waals surface area contributed by atoms with Crippen LogP contribution in [0.4, 0.5) is 0 Å². The largest absolute Gasteiger partial charge is 0.506 e. The molecule has 2 rings (SSSR count). The molecule has 0 spiro atoms. The molecule has 0 saturated carbocycles. The average Bonchev–Trinajstić information content (AvgIpc) is 2.34. The van der Waals surface area contributed by atoms with Crippen molar-refractivity contribution in [3.8, 4) is 5.75 Å². The van der Waals surface area contributed by atoms with Gasteiger partial charge in [0.2, 0.25) is 0 Å². The van der Waals surface area contributed by atoms with Gasteiger partial charge in [0.1, 0.15) is 22.2 Å². The summed E-state index contributed by atoms with van der Waals surface area (Å²) >= 11 is 3.23. The van der Waals surface area contributed by atoms with Gasteiger partial charge in [-0.1, -0.05) is 0 Å². The summed E-state index contributed by atoms with van der Waals surface area (Å²) in [6.45, 7) is 0. The first-order valence-electron chi connectivity index (χ1n) is 3.09. The Bertz CT molecular complexity index is 396. The SMILES string of the molecule is Oc1cccn2cnc(Br)c12. The topological polar surface area (TPSA) is 37.5 Å². The first-order chi connectivity index (χ1) is 5.29. The smallest absolute Gasteiger partial charge is 0.142 e. The molecule has 2 aromatic heterocycles. The van der Waals surface area contributed by atoms with Gasteiger partial charge < -0.3 is 9.51 Å². The van der Waals surface area contributed by atoms with E-state index in [1.54, 1.807) is 22.9 Å². The van der Waals surface area contributed by atoms with Gasteiger partial charge in [-0.25, -0.2) is 4.98 Å². The third-order valence-electron chi connectivity index (χ3n) is 1.49. The molecule has 2 heterocycles. The molecule has 0 radical (unpaired) electrons. The molecule has 11 heavy (non-hydrogen) atoms. The lowest BCUT2D eigenvalue weighted by molar-refractivity contribution is 0.479. The van der Waals surface area contributed by atoms with Gasteiger partial charge in [0.15, 0.2) is 0 Å². The Morgan fingerprint density at radius 1 is 1.55 bits per heavy atom. The second-order valence-corrected chi connectivity index (χ2v) is 2.94. The zero-order valence-corrected chi connectivity index (χ0v) is 7.12. The van der Waals surface area contributed by atoms with Gasteiger partial charge in [0.05, 0.1) is 0 Å². The van der Waals surface area contributed by atoms with Crippen LogP contribution in [-0.4, -0.2) is 14.5 Å². The molecule has 1 N–H and O–H groups in total. The van der Waals surface area contributed by atoms with Crippen molar-refractivity contribution in [3.05, 3.63) is 29.3 Å². The van der Waals surface area contributed by atoms with E-state index in [0.29, 0.717) is 10.1 Å². The van der Waals surface area contributed by atoms with Crippen molar-refractivity contribution in [2.45, 2.75) is 0 Å². The summed E-state index contributed by atoms with van der Waals surface area (Å²) in [6, 6.07) is 3.39. The molecule has 0 unspecified atom stereocenters. The van der Waals surface area contributed by atoms with Crippen molar-refractivity contribution >= 4 is 21.4 Å². The lowest BCUT2D eigenvalue weighted by Gasteiger charge is -1.94. The third kappa shape index (κ3) is 0.903. The van der Waals surface area contributed by atoms with Gasteiger partial charge in [0, 0.05) is 6.20 Å². The Morgan fingerprint density at radius 3 is 3.09 bits per heavy atom. The number of rotatable bonds is 0. The van der Waals surface area contributed by atoms with Crippen LogP contribution in [0.3, 0.4) is 0 Å². The molecule has 0 saturated heterocycles. The fourth-order valence-electron chi connectivity index (χ4n) is 0.995. The summed E-state index contributed by atoms with van der Waals surface area (Å²) < 4.78 is 2.41. The number of fused-ring (bicyclic) bond motifs is 1. The zero-order chi connectivity index (χ0) is 7.84. The van der Waals surface area contributed by atoms with E-state index in [2.05, 4.69) is 20.9 Å². The number of pyridine rings is 1. The highest BCUT2D eigenvalue weighted by Crippen LogP contribution is 2.24. The van der Waals surface area contributed by atoms with Crippen LogP contribution in [0.15, 0.2) is 29.3 Å². The lowest BCUT2D eigenvalue weighted by Crippen LogP contribution is -1.79. The van der Waals surface area contributed by atoms with Crippen molar-refractivity contribution < 1.29 is 5.11 Å². The molecule has 0 aliphatic heterocycles. The minimum absolute atomic E-state index is 0.233. The fraction of sp³-hybridized carbons (Fsp3) is 0. The number of halogens is 1.